The van der Waals surface area contributed by atoms with E-state index in [0.29, 0.717) is 25.0 Å². The van der Waals surface area contributed by atoms with Crippen molar-refractivity contribution in [3.05, 3.63) is 41.7 Å². The van der Waals surface area contributed by atoms with E-state index in [1.54, 1.807) is 12.4 Å². The summed E-state index contributed by atoms with van der Waals surface area (Å²) < 4.78 is 0.270. The van der Waals surface area contributed by atoms with E-state index in [1.807, 2.05) is 25.1 Å². The summed E-state index contributed by atoms with van der Waals surface area (Å²) >= 11 is 0. The van der Waals surface area contributed by atoms with E-state index in [-0.39, 0.29) is 22.1 Å². The van der Waals surface area contributed by atoms with Crippen LogP contribution in [0.3, 0.4) is 0 Å². The van der Waals surface area contributed by atoms with Crippen molar-refractivity contribution in [2.24, 2.45) is 11.8 Å². The van der Waals surface area contributed by atoms with Gasteiger partial charge in [0.15, 0.2) is 5.69 Å². The van der Waals surface area contributed by atoms with Crippen LogP contribution in [0.2, 0.25) is 0 Å². The summed E-state index contributed by atoms with van der Waals surface area (Å²) in [6, 6.07) is 6.40. The van der Waals surface area contributed by atoms with Gasteiger partial charge in [-0.2, -0.15) is 5.84 Å². The van der Waals surface area contributed by atoms with Crippen molar-refractivity contribution in [3.8, 4) is 0 Å². The molecule has 1 saturated heterocycles. The van der Waals surface area contributed by atoms with Crippen molar-refractivity contribution in [2.75, 3.05) is 43.9 Å². The number of aromatic nitrogens is 2. The number of carbonyl (C=O) groups excluding carboxylic acids is 2. The van der Waals surface area contributed by atoms with Crippen LogP contribution in [0.15, 0.2) is 30.6 Å². The molecule has 0 spiro atoms. The molecule has 2 amide bonds. The number of benzene rings is 1. The summed E-state index contributed by atoms with van der Waals surface area (Å²) in [5.41, 5.74) is 4.80. The van der Waals surface area contributed by atoms with Crippen molar-refractivity contribution in [3.63, 3.8) is 0 Å². The minimum Gasteiger partial charge on any atom is -0.383 e. The molecule has 36 heavy (non-hydrogen) atoms. The fourth-order valence-corrected chi connectivity index (χ4v) is 4.40. The summed E-state index contributed by atoms with van der Waals surface area (Å²) in [4.78, 5) is 36.4. The lowest BCUT2D eigenvalue weighted by Gasteiger charge is -2.35. The molecular weight excluding hydrogens is 460 g/mol. The SMILES string of the molecule is CNc1cc(CN(CC2CCN(c3ncc(C(=O)NO)cn3)CC2)C(C)=O)ccc1[N+](C)(N)C(C)C. The molecule has 3 rings (SSSR count). The zero-order valence-corrected chi connectivity index (χ0v) is 21.9. The van der Waals surface area contributed by atoms with Gasteiger partial charge in [0.2, 0.25) is 11.9 Å². The van der Waals surface area contributed by atoms with Crippen LogP contribution in [0.4, 0.5) is 17.3 Å². The van der Waals surface area contributed by atoms with Crippen LogP contribution in [-0.2, 0) is 11.3 Å². The Morgan fingerprint density at radius 3 is 2.42 bits per heavy atom. The minimum absolute atomic E-state index is 0.0511. The smallest absolute Gasteiger partial charge is 0.277 e. The third-order valence-corrected chi connectivity index (χ3v) is 7.12. The number of hydroxylamine groups is 1. The van der Waals surface area contributed by atoms with Crippen LogP contribution in [0.5, 0.6) is 0 Å². The van der Waals surface area contributed by atoms with Gasteiger partial charge in [0.25, 0.3) is 5.91 Å². The second kappa shape index (κ2) is 11.6. The first kappa shape index (κ1) is 27.3. The average molecular weight is 500 g/mol. The molecular formula is C25H39N8O3+. The predicted octanol–water partition coefficient (Wildman–Crippen LogP) is 2.12. The number of piperidine rings is 1. The van der Waals surface area contributed by atoms with Gasteiger partial charge < -0.3 is 15.1 Å². The zero-order valence-electron chi connectivity index (χ0n) is 21.9. The monoisotopic (exact) mass is 499 g/mol. The lowest BCUT2D eigenvalue weighted by atomic mass is 9.96. The van der Waals surface area contributed by atoms with Crippen LogP contribution in [-0.4, -0.2) is 71.7 Å². The van der Waals surface area contributed by atoms with Gasteiger partial charge in [-0.15, -0.1) is 0 Å². The number of nitrogens with two attached hydrogens (primary N) is 1. The molecule has 1 aromatic heterocycles. The molecule has 2 heterocycles. The Balaban J connectivity index is 1.62. The van der Waals surface area contributed by atoms with Crippen LogP contribution in [0, 0.1) is 5.92 Å². The van der Waals surface area contributed by atoms with E-state index in [1.165, 1.54) is 12.4 Å². The topological polar surface area (TPSA) is 137 Å². The highest BCUT2D eigenvalue weighted by molar-refractivity contribution is 5.92. The van der Waals surface area contributed by atoms with E-state index in [0.717, 1.165) is 42.9 Å². The van der Waals surface area contributed by atoms with Gasteiger partial charge in [-0.25, -0.2) is 20.0 Å². The number of hydrogen-bond acceptors (Lipinski definition) is 8. The molecule has 1 aromatic carbocycles. The first-order valence-corrected chi connectivity index (χ1v) is 12.3. The quantitative estimate of drug-likeness (QED) is 0.178. The Bertz CT molecular complexity index is 1050. The zero-order chi connectivity index (χ0) is 26.5. The highest BCUT2D eigenvalue weighted by Crippen LogP contribution is 2.31. The van der Waals surface area contributed by atoms with Crippen LogP contribution in [0.25, 0.3) is 0 Å². The summed E-state index contributed by atoms with van der Waals surface area (Å²) in [5, 5.41) is 12.0. The molecule has 0 bridgehead atoms. The maximum absolute atomic E-state index is 12.5. The van der Waals surface area contributed by atoms with Crippen LogP contribution in [0.1, 0.15) is 49.5 Å². The summed E-state index contributed by atoms with van der Waals surface area (Å²) in [7, 11) is 3.87. The number of carbonyl (C=O) groups is 2. The molecule has 196 valence electrons. The first-order chi connectivity index (χ1) is 17.1. The summed E-state index contributed by atoms with van der Waals surface area (Å²) in [5.74, 6) is 6.89. The molecule has 11 nitrogen and oxygen atoms in total. The number of rotatable bonds is 9. The highest BCUT2D eigenvalue weighted by Gasteiger charge is 2.29. The van der Waals surface area contributed by atoms with Crippen molar-refractivity contribution in [1.29, 1.82) is 0 Å². The molecule has 2 aromatic rings. The predicted molar refractivity (Wildman–Crippen MR) is 140 cm³/mol. The van der Waals surface area contributed by atoms with E-state index in [2.05, 4.69) is 46.2 Å². The fourth-order valence-electron chi connectivity index (χ4n) is 4.40. The number of nitrogens with zero attached hydrogens (tertiary/aromatic N) is 5. The van der Waals surface area contributed by atoms with Gasteiger partial charge in [-0.05, 0) is 44.2 Å². The average Bonchev–Trinajstić information content (AvgIpc) is 2.88. The summed E-state index contributed by atoms with van der Waals surface area (Å²) in [6.45, 7) is 8.56. The van der Waals surface area contributed by atoms with E-state index in [9.17, 15) is 9.59 Å². The Morgan fingerprint density at radius 1 is 1.25 bits per heavy atom. The second-order valence-corrected chi connectivity index (χ2v) is 9.89. The van der Waals surface area contributed by atoms with Gasteiger partial charge >= 0.3 is 0 Å². The highest BCUT2D eigenvalue weighted by atomic mass is 16.5. The molecule has 11 heteroatoms. The molecule has 1 unspecified atom stereocenters. The molecule has 0 saturated carbocycles. The lowest BCUT2D eigenvalue weighted by Crippen LogP contribution is -2.57. The van der Waals surface area contributed by atoms with Crippen LogP contribution >= 0.6 is 0 Å². The molecule has 5 N–H and O–H groups in total. The summed E-state index contributed by atoms with van der Waals surface area (Å²) in [6.07, 6.45) is 4.61. The maximum Gasteiger partial charge on any atom is 0.277 e. The molecule has 1 aliphatic rings. The molecule has 1 aliphatic heterocycles. The number of nitrogens with one attached hydrogen (secondary N) is 2. The van der Waals surface area contributed by atoms with Gasteiger partial charge in [0.05, 0.1) is 18.3 Å². The number of quaternary nitrogens is 1. The Hall–Kier alpha value is -3.28. The van der Waals surface area contributed by atoms with Gasteiger partial charge in [-0.3, -0.25) is 14.8 Å². The van der Waals surface area contributed by atoms with E-state index in [4.69, 9.17) is 11.0 Å². The number of hydrogen-bond donors (Lipinski definition) is 4. The third-order valence-electron chi connectivity index (χ3n) is 7.12. The van der Waals surface area contributed by atoms with E-state index >= 15 is 0 Å². The van der Waals surface area contributed by atoms with Crippen molar-refractivity contribution in [1.82, 2.24) is 24.9 Å². The number of anilines is 2. The van der Waals surface area contributed by atoms with Gasteiger partial charge in [0.1, 0.15) is 6.04 Å². The van der Waals surface area contributed by atoms with Crippen molar-refractivity contribution >= 4 is 29.1 Å². The van der Waals surface area contributed by atoms with Gasteiger partial charge in [0, 0.05) is 58.6 Å². The van der Waals surface area contributed by atoms with E-state index < -0.39 is 5.91 Å². The molecule has 1 atom stereocenters. The Labute approximate surface area is 212 Å². The lowest BCUT2D eigenvalue weighted by molar-refractivity contribution is -0.130. The number of amides is 2. The standard InChI is InChI=1S/C25H38N8O3/c1-17(2)33(5,26)23-7-6-20(12-22(23)27-4)16-32(18(3)34)15-19-8-10-31(11-9-19)25-28-13-21(14-29-25)24(35)30-36/h6-7,12-14,17,19,27H,8-11,15-16,26H2,1-5H3,(H-,30,35,36)/p+1. The van der Waals surface area contributed by atoms with Crippen molar-refractivity contribution < 1.29 is 14.8 Å². The third kappa shape index (κ3) is 6.28. The minimum atomic E-state index is -0.642. The fraction of sp³-hybridized carbons (Fsp3) is 0.520. The molecule has 0 aliphatic carbocycles. The maximum atomic E-state index is 12.5. The van der Waals surface area contributed by atoms with Gasteiger partial charge in [-0.1, -0.05) is 6.07 Å². The first-order valence-electron chi connectivity index (χ1n) is 12.3. The molecule has 0 radical (unpaired) electrons. The van der Waals surface area contributed by atoms with Crippen LogP contribution < -0.4 is 26.1 Å². The second-order valence-electron chi connectivity index (χ2n) is 9.89. The Kier molecular flexibility index (Phi) is 8.83. The molecule has 1 fully saturated rings. The Morgan fingerprint density at radius 2 is 1.89 bits per heavy atom. The normalized spacial score (nSPS) is 15.9. The van der Waals surface area contributed by atoms with Crippen molar-refractivity contribution in [2.45, 2.75) is 46.2 Å². The largest absolute Gasteiger partial charge is 0.383 e.